The number of ether oxygens (including phenoxy) is 14. The first kappa shape index (κ1) is 56.6. The van der Waals surface area contributed by atoms with Crippen LogP contribution in [0, 0.1) is 0 Å². The van der Waals surface area contributed by atoms with Gasteiger partial charge in [0, 0.05) is 38.5 Å². The van der Waals surface area contributed by atoms with Crippen LogP contribution in [0.5, 0.6) is 69.0 Å². The second-order valence-corrected chi connectivity index (χ2v) is 18.9. The van der Waals surface area contributed by atoms with Gasteiger partial charge in [-0.3, -0.25) is 9.59 Å². The van der Waals surface area contributed by atoms with Gasteiger partial charge in [-0.05, 0) is 58.7 Å². The maximum Gasteiger partial charge on any atom is 0.306 e. The van der Waals surface area contributed by atoms with Gasteiger partial charge in [0.25, 0.3) is 0 Å². The summed E-state index contributed by atoms with van der Waals surface area (Å²) in [7, 11) is 23.7. The molecule has 74 heavy (non-hydrogen) atoms. The van der Waals surface area contributed by atoms with E-state index in [1.54, 1.807) is 85.3 Å². The number of carbonyl (C=O) groups excluding carboxylic acids is 2. The highest BCUT2D eigenvalue weighted by Gasteiger charge is 2.45. The van der Waals surface area contributed by atoms with E-state index < -0.39 is 11.9 Å². The minimum atomic E-state index is -0.457. The molecule has 0 spiro atoms. The van der Waals surface area contributed by atoms with Gasteiger partial charge in [-0.25, -0.2) is 0 Å². The summed E-state index contributed by atoms with van der Waals surface area (Å²) in [6.07, 6.45) is 3.69. The molecule has 4 atom stereocenters. The summed E-state index contributed by atoms with van der Waals surface area (Å²) in [4.78, 5) is 26.2. The monoisotopic (exact) mass is 1030 g/mol. The van der Waals surface area contributed by atoms with Crippen molar-refractivity contribution < 1.29 is 84.9 Å². The molecule has 0 bridgehead atoms. The third-order valence-corrected chi connectivity index (χ3v) is 14.9. The molecule has 0 amide bonds. The molecule has 18 heteroatoms. The molecule has 0 fully saturated rings. The molecule has 6 rings (SSSR count). The second-order valence-electron chi connectivity index (χ2n) is 18.9. The lowest BCUT2D eigenvalue weighted by atomic mass is 9.85. The molecule has 4 aromatic rings. The zero-order chi connectivity index (χ0) is 53.7. The minimum Gasteiger partial charge on any atom is -0.493 e. The van der Waals surface area contributed by atoms with E-state index in [1.165, 1.54) is 0 Å². The van der Waals surface area contributed by atoms with Crippen LogP contribution in [0.4, 0.5) is 0 Å². The number of methoxy groups -OCH3 is 12. The van der Waals surface area contributed by atoms with Crippen molar-refractivity contribution in [2.75, 3.05) is 139 Å². The number of esters is 2. The Kier molecular flexibility index (Phi) is 19.5. The Labute approximate surface area is 436 Å². The molecule has 0 aliphatic carbocycles. The summed E-state index contributed by atoms with van der Waals surface area (Å²) in [5.74, 6) is 5.85. The zero-order valence-electron chi connectivity index (χ0n) is 45.9. The number of quaternary nitrogens is 2. The van der Waals surface area contributed by atoms with Crippen LogP contribution >= 0.6 is 0 Å². The van der Waals surface area contributed by atoms with Gasteiger partial charge in [-0.15, -0.1) is 0 Å². The third-order valence-electron chi connectivity index (χ3n) is 14.9. The van der Waals surface area contributed by atoms with Crippen molar-refractivity contribution in [1.29, 1.82) is 0 Å². The fourth-order valence-corrected chi connectivity index (χ4v) is 11.0. The number of benzene rings is 4. The van der Waals surface area contributed by atoms with Crippen molar-refractivity contribution >= 4 is 11.9 Å². The van der Waals surface area contributed by atoms with E-state index in [0.717, 1.165) is 59.3 Å². The topological polar surface area (TPSA) is 163 Å². The van der Waals surface area contributed by atoms with Gasteiger partial charge in [-0.1, -0.05) is 0 Å². The predicted molar refractivity (Wildman–Crippen MR) is 277 cm³/mol. The van der Waals surface area contributed by atoms with Crippen LogP contribution in [0.2, 0.25) is 0 Å². The van der Waals surface area contributed by atoms with Crippen LogP contribution in [-0.4, -0.2) is 160 Å². The molecule has 2 aliphatic rings. The Bertz CT molecular complexity index is 2360. The highest BCUT2D eigenvalue weighted by atomic mass is 16.6. The van der Waals surface area contributed by atoms with Crippen molar-refractivity contribution in [3.63, 3.8) is 0 Å². The summed E-state index contributed by atoms with van der Waals surface area (Å²) in [6.45, 7) is 3.35. The molecule has 0 saturated heterocycles. The molecule has 2 unspecified atom stereocenters. The lowest BCUT2D eigenvalue weighted by molar-refractivity contribution is -0.941. The summed E-state index contributed by atoms with van der Waals surface area (Å²) in [5, 5.41) is 0. The summed E-state index contributed by atoms with van der Waals surface area (Å²) < 4.78 is 82.2. The van der Waals surface area contributed by atoms with E-state index >= 15 is 0 Å². The fourth-order valence-electron chi connectivity index (χ4n) is 11.0. The van der Waals surface area contributed by atoms with Crippen molar-refractivity contribution in [3.8, 4) is 69.0 Å². The number of nitrogens with zero attached hydrogens (tertiary/aromatic N) is 2. The van der Waals surface area contributed by atoms with E-state index in [9.17, 15) is 9.59 Å². The molecule has 0 radical (unpaired) electrons. The largest absolute Gasteiger partial charge is 0.493 e. The first-order valence-electron chi connectivity index (χ1n) is 24.9. The molecule has 0 N–H and O–H groups in total. The fraction of sp³-hybridized carbons (Fsp3) is 0.536. The van der Waals surface area contributed by atoms with Gasteiger partial charge in [0.15, 0.2) is 46.0 Å². The predicted octanol–water partition coefficient (Wildman–Crippen LogP) is 7.71. The average molecular weight is 1040 g/mol. The van der Waals surface area contributed by atoms with Crippen molar-refractivity contribution in [3.05, 3.63) is 69.8 Å². The first-order chi connectivity index (χ1) is 35.7. The van der Waals surface area contributed by atoms with Crippen molar-refractivity contribution in [2.45, 2.75) is 63.5 Å². The molecule has 0 saturated carbocycles. The van der Waals surface area contributed by atoms with Crippen molar-refractivity contribution in [1.82, 2.24) is 0 Å². The SMILES string of the molecule is COc1cc(CC2c3c(cc(OC)c(OC)c3OC)CC[N+]2(C)CCCOC(=O)CCC(=O)OCCC[N@+]2(C)CCc3cc(OC)c(OC)c(OC)c3[C@H]2Cc2cc(OC)c(OC)c(OC)c2)cc(OC)c1OC. The quantitative estimate of drug-likeness (QED) is 0.0324. The number of carbonyl (C=O) groups is 2. The highest BCUT2D eigenvalue weighted by Crippen LogP contribution is 2.53. The van der Waals surface area contributed by atoms with E-state index in [0.29, 0.717) is 117 Å². The zero-order valence-corrected chi connectivity index (χ0v) is 45.9. The van der Waals surface area contributed by atoms with Crippen LogP contribution in [0.15, 0.2) is 36.4 Å². The summed E-state index contributed by atoms with van der Waals surface area (Å²) >= 11 is 0. The number of rotatable bonds is 27. The normalized spacial score (nSPS) is 18.7. The number of hydrogen-bond donors (Lipinski definition) is 0. The van der Waals surface area contributed by atoms with E-state index in [4.69, 9.17) is 66.3 Å². The molecular weight excluding hydrogens is 957 g/mol. The average Bonchev–Trinajstić information content (AvgIpc) is 3.42. The third kappa shape index (κ3) is 12.0. The first-order valence-corrected chi connectivity index (χ1v) is 24.9. The van der Waals surface area contributed by atoms with Gasteiger partial charge in [0.1, 0.15) is 12.1 Å². The Morgan fingerprint density at radius 1 is 0.419 bits per heavy atom. The van der Waals surface area contributed by atoms with Crippen LogP contribution in [0.1, 0.15) is 71.1 Å². The molecule has 18 nitrogen and oxygen atoms in total. The minimum absolute atomic E-state index is 0.0898. The van der Waals surface area contributed by atoms with Crippen LogP contribution < -0.4 is 56.8 Å². The van der Waals surface area contributed by atoms with Gasteiger partial charge in [0.05, 0.1) is 163 Å². The summed E-state index contributed by atoms with van der Waals surface area (Å²) in [5.41, 5.74) is 6.22. The Balaban J connectivity index is 1.08. The number of likely N-dealkylation sites (N-methyl/N-ethyl adjacent to an activating group) is 2. The Morgan fingerprint density at radius 3 is 1.00 bits per heavy atom. The van der Waals surface area contributed by atoms with Gasteiger partial charge in [0.2, 0.25) is 23.0 Å². The van der Waals surface area contributed by atoms with E-state index in [-0.39, 0.29) is 38.1 Å². The second kappa shape index (κ2) is 25.5. The molecule has 2 heterocycles. The highest BCUT2D eigenvalue weighted by molar-refractivity contribution is 5.77. The molecule has 2 aliphatic heterocycles. The van der Waals surface area contributed by atoms with Gasteiger partial charge >= 0.3 is 11.9 Å². The lowest BCUT2D eigenvalue weighted by Gasteiger charge is -2.46. The smallest absolute Gasteiger partial charge is 0.306 e. The van der Waals surface area contributed by atoms with Crippen LogP contribution in [-0.2, 0) is 44.7 Å². The standard InChI is InChI=1S/C56H78N2O16/c1-57(23-19-37-33-45(65-7)53(69-11)55(71-13)49(37)39(57)27-35-29-41(61-3)51(67-9)42(30-35)62-4)21-15-25-73-47(59)17-18-48(60)74-26-16-22-58(2)24-20-38-34-46(66-8)54(70-12)56(72-14)50(38)40(58)28-36-31-43(63-5)52(68-10)44(32-36)64-6/h29-34,39-40H,15-28H2,1-14H3/q+2/t39-,40?,57-,58?/m1/s1. The maximum absolute atomic E-state index is 13.1. The molecule has 4 aromatic carbocycles. The Morgan fingerprint density at radius 2 is 0.716 bits per heavy atom. The number of hydrogen-bond acceptors (Lipinski definition) is 16. The van der Waals surface area contributed by atoms with Gasteiger partial charge < -0.3 is 75.3 Å². The molecule has 0 aromatic heterocycles. The Hall–Kier alpha value is -6.66. The van der Waals surface area contributed by atoms with E-state index in [1.807, 2.05) is 36.4 Å². The van der Waals surface area contributed by atoms with E-state index in [2.05, 4.69) is 14.1 Å². The van der Waals surface area contributed by atoms with Crippen LogP contribution in [0.25, 0.3) is 0 Å². The number of fused-ring (bicyclic) bond motifs is 2. The lowest BCUT2D eigenvalue weighted by Crippen LogP contribution is -2.53. The molecule has 406 valence electrons. The molecular formula is C56H78N2O16+2. The van der Waals surface area contributed by atoms with Gasteiger partial charge in [-0.2, -0.15) is 0 Å². The van der Waals surface area contributed by atoms with Crippen molar-refractivity contribution in [2.24, 2.45) is 0 Å². The summed E-state index contributed by atoms with van der Waals surface area (Å²) in [6, 6.07) is 11.7. The maximum atomic E-state index is 13.1. The van der Waals surface area contributed by atoms with Crippen LogP contribution in [0.3, 0.4) is 0 Å².